The summed E-state index contributed by atoms with van der Waals surface area (Å²) in [5.41, 5.74) is 3.27. The maximum atomic E-state index is 14.3. The summed E-state index contributed by atoms with van der Waals surface area (Å²) in [6.45, 7) is 4.31. The lowest BCUT2D eigenvalue weighted by Gasteiger charge is -2.12. The van der Waals surface area contributed by atoms with Crippen LogP contribution in [-0.2, 0) is 6.54 Å². The lowest BCUT2D eigenvalue weighted by Crippen LogP contribution is -2.30. The average Bonchev–Trinajstić information content (AvgIpc) is 3.13. The fourth-order valence-electron chi connectivity index (χ4n) is 3.22. The number of carbonyl (C=O) groups excluding carboxylic acids is 1. The Kier molecular flexibility index (Phi) is 5.71. The average molecular weight is 413 g/mol. The number of rotatable bonds is 6. The summed E-state index contributed by atoms with van der Waals surface area (Å²) in [4.78, 5) is 16.6. The topological polar surface area (TPSA) is 71.3 Å². The summed E-state index contributed by atoms with van der Waals surface area (Å²) in [5.74, 6) is 0.159. The van der Waals surface area contributed by atoms with E-state index in [1.165, 1.54) is 12.3 Å². The number of anilines is 1. The Labute approximate surface area is 180 Å². The highest BCUT2D eigenvalue weighted by atomic mass is 19.1. The van der Waals surface area contributed by atoms with E-state index in [-0.39, 0.29) is 17.8 Å². The second-order valence-electron chi connectivity index (χ2n) is 7.52. The Morgan fingerprint density at radius 1 is 1.16 bits per heavy atom. The molecule has 4 aromatic rings. The molecule has 0 fully saturated rings. The van der Waals surface area contributed by atoms with Crippen LogP contribution >= 0.6 is 0 Å². The van der Waals surface area contributed by atoms with E-state index < -0.39 is 0 Å². The van der Waals surface area contributed by atoms with E-state index in [2.05, 4.69) is 20.7 Å². The smallest absolute Gasteiger partial charge is 0.251 e. The molecule has 8 heteroatoms. The quantitative estimate of drug-likeness (QED) is 0.477. The summed E-state index contributed by atoms with van der Waals surface area (Å²) in [6.07, 6.45) is 1.51. The van der Waals surface area contributed by atoms with Gasteiger partial charge in [0.15, 0.2) is 5.65 Å². The predicted octanol–water partition coefficient (Wildman–Crippen LogP) is 3.08. The third-order valence-electron chi connectivity index (χ3n) is 4.76. The van der Waals surface area contributed by atoms with Crippen LogP contribution < -0.4 is 16.1 Å². The number of aromatic nitrogens is 3. The third-order valence-corrected chi connectivity index (χ3v) is 4.76. The molecule has 0 aliphatic heterocycles. The lowest BCUT2D eigenvalue weighted by atomic mass is 10.0. The van der Waals surface area contributed by atoms with Crippen LogP contribution in [0.1, 0.15) is 29.8 Å². The van der Waals surface area contributed by atoms with E-state index >= 15 is 0 Å². The van der Waals surface area contributed by atoms with Crippen molar-refractivity contribution in [3.63, 3.8) is 0 Å². The van der Waals surface area contributed by atoms with Gasteiger partial charge < -0.3 is 10.6 Å². The monoisotopic (exact) mass is 413 g/mol. The molecule has 0 spiro atoms. The van der Waals surface area contributed by atoms with Crippen LogP contribution in [0.5, 0.6) is 0 Å². The number of benzene rings is 2. The number of halogens is 1. The number of carbonyl (C=O) groups is 1. The van der Waals surface area contributed by atoms with Crippen LogP contribution in [0, 0.1) is 5.82 Å². The number of hydrogen-bond donors (Lipinski definition) is 2. The Bertz CT molecular complexity index is 1240. The first-order valence-electron chi connectivity index (χ1n) is 9.95. The molecule has 154 valence electrons. The first-order chi connectivity index (χ1) is 14.9. The minimum absolute atomic E-state index is 0.0769. The SMILES string of the molecule is [B]c1cnn2c(NCc3ccc(C(=O)NC(C)C)cc3)cc(-c3ccccc3F)nc12. The van der Waals surface area contributed by atoms with Gasteiger partial charge in [-0.3, -0.25) is 4.79 Å². The molecule has 2 heterocycles. The Balaban J connectivity index is 1.60. The van der Waals surface area contributed by atoms with Crippen LogP contribution in [0.3, 0.4) is 0 Å². The Morgan fingerprint density at radius 3 is 2.61 bits per heavy atom. The molecule has 4 rings (SSSR count). The standard InChI is InChI=1S/C23H21BFN5O/c1-14(2)28-23(31)16-9-7-15(8-10-16)12-26-21-11-20(17-5-3-4-6-19(17)25)29-22-18(24)13-27-30(21)22/h3-11,13-14,26H,12H2,1-2H3,(H,28,31). The highest BCUT2D eigenvalue weighted by Gasteiger charge is 2.13. The molecule has 0 saturated carbocycles. The molecule has 2 aromatic carbocycles. The van der Waals surface area contributed by atoms with Gasteiger partial charge in [-0.05, 0) is 49.1 Å². The lowest BCUT2D eigenvalue weighted by molar-refractivity contribution is 0.0943. The summed E-state index contributed by atoms with van der Waals surface area (Å²) in [5, 5.41) is 10.5. The molecule has 31 heavy (non-hydrogen) atoms. The molecule has 0 bridgehead atoms. The Morgan fingerprint density at radius 2 is 1.90 bits per heavy atom. The molecule has 1 amide bonds. The first kappa shape index (κ1) is 20.6. The molecule has 2 radical (unpaired) electrons. The van der Waals surface area contributed by atoms with E-state index in [0.717, 1.165) is 5.56 Å². The van der Waals surface area contributed by atoms with E-state index in [1.807, 2.05) is 26.0 Å². The van der Waals surface area contributed by atoms with Crippen molar-refractivity contribution in [2.75, 3.05) is 5.32 Å². The molecule has 0 aliphatic carbocycles. The minimum Gasteiger partial charge on any atom is -0.366 e. The van der Waals surface area contributed by atoms with E-state index in [1.54, 1.807) is 40.9 Å². The number of fused-ring (bicyclic) bond motifs is 1. The fraction of sp³-hybridized carbons (Fsp3) is 0.174. The molecule has 2 aromatic heterocycles. The predicted molar refractivity (Wildman–Crippen MR) is 120 cm³/mol. The van der Waals surface area contributed by atoms with E-state index in [0.29, 0.717) is 40.3 Å². The van der Waals surface area contributed by atoms with Crippen LogP contribution in [0.15, 0.2) is 60.8 Å². The Hall–Kier alpha value is -3.68. The normalized spacial score (nSPS) is 11.1. The maximum absolute atomic E-state index is 14.3. The van der Waals surface area contributed by atoms with Gasteiger partial charge in [-0.25, -0.2) is 9.37 Å². The second kappa shape index (κ2) is 8.59. The van der Waals surface area contributed by atoms with Gasteiger partial charge in [0.25, 0.3) is 5.91 Å². The van der Waals surface area contributed by atoms with E-state index in [9.17, 15) is 9.18 Å². The van der Waals surface area contributed by atoms with Gasteiger partial charge in [-0.1, -0.05) is 24.3 Å². The third kappa shape index (κ3) is 4.43. The van der Waals surface area contributed by atoms with E-state index in [4.69, 9.17) is 7.85 Å². The van der Waals surface area contributed by atoms with Crippen molar-refractivity contribution in [2.24, 2.45) is 0 Å². The second-order valence-corrected chi connectivity index (χ2v) is 7.52. The first-order valence-corrected chi connectivity index (χ1v) is 9.95. The number of nitrogens with one attached hydrogen (secondary N) is 2. The number of amides is 1. The molecule has 0 saturated heterocycles. The van der Waals surface area contributed by atoms with Gasteiger partial charge in [-0.2, -0.15) is 9.61 Å². The van der Waals surface area contributed by atoms with Crippen molar-refractivity contribution >= 4 is 30.7 Å². The van der Waals surface area contributed by atoms with Crippen LogP contribution in [-0.4, -0.2) is 34.4 Å². The van der Waals surface area contributed by atoms with Crippen molar-refractivity contribution in [2.45, 2.75) is 26.4 Å². The molecule has 6 nitrogen and oxygen atoms in total. The summed E-state index contributed by atoms with van der Waals surface area (Å²) >= 11 is 0. The number of nitrogens with zero attached hydrogens (tertiary/aromatic N) is 3. The molecule has 0 unspecified atom stereocenters. The van der Waals surface area contributed by atoms with Gasteiger partial charge in [0.2, 0.25) is 0 Å². The zero-order valence-corrected chi connectivity index (χ0v) is 17.3. The highest BCUT2D eigenvalue weighted by Crippen LogP contribution is 2.24. The van der Waals surface area contributed by atoms with Crippen LogP contribution in [0.25, 0.3) is 16.9 Å². The molecule has 0 aliphatic rings. The van der Waals surface area contributed by atoms with Gasteiger partial charge in [0, 0.05) is 36.0 Å². The van der Waals surface area contributed by atoms with Crippen molar-refractivity contribution < 1.29 is 9.18 Å². The van der Waals surface area contributed by atoms with Crippen LogP contribution in [0.2, 0.25) is 0 Å². The number of hydrogen-bond acceptors (Lipinski definition) is 4. The molecular formula is C23H21BFN5O. The fourth-order valence-corrected chi connectivity index (χ4v) is 3.22. The maximum Gasteiger partial charge on any atom is 0.251 e. The van der Waals surface area contributed by atoms with Crippen molar-refractivity contribution in [1.29, 1.82) is 0 Å². The van der Waals surface area contributed by atoms with Gasteiger partial charge >= 0.3 is 0 Å². The minimum atomic E-state index is -0.362. The summed E-state index contributed by atoms with van der Waals surface area (Å²) < 4.78 is 15.9. The van der Waals surface area contributed by atoms with Crippen molar-refractivity contribution in [3.8, 4) is 11.3 Å². The zero-order valence-electron chi connectivity index (χ0n) is 17.3. The molecular weight excluding hydrogens is 392 g/mol. The highest BCUT2D eigenvalue weighted by molar-refractivity contribution is 6.36. The van der Waals surface area contributed by atoms with Gasteiger partial charge in [0.1, 0.15) is 19.5 Å². The summed E-state index contributed by atoms with van der Waals surface area (Å²) in [6, 6.07) is 15.6. The largest absolute Gasteiger partial charge is 0.366 e. The van der Waals surface area contributed by atoms with Crippen LogP contribution in [0.4, 0.5) is 10.2 Å². The van der Waals surface area contributed by atoms with Crippen molar-refractivity contribution in [1.82, 2.24) is 19.9 Å². The van der Waals surface area contributed by atoms with Crippen molar-refractivity contribution in [3.05, 3.63) is 77.7 Å². The van der Waals surface area contributed by atoms with Gasteiger partial charge in [-0.15, -0.1) is 0 Å². The molecule has 2 N–H and O–H groups in total. The zero-order chi connectivity index (χ0) is 22.0. The molecule has 0 atom stereocenters. The summed E-state index contributed by atoms with van der Waals surface area (Å²) in [7, 11) is 6.01. The van der Waals surface area contributed by atoms with Gasteiger partial charge in [0.05, 0.1) is 5.69 Å².